The van der Waals surface area contributed by atoms with Crippen molar-refractivity contribution in [2.75, 3.05) is 18.0 Å². The maximum absolute atomic E-state index is 13.7. The molecule has 1 aliphatic heterocycles. The van der Waals surface area contributed by atoms with Crippen molar-refractivity contribution in [3.63, 3.8) is 0 Å². The van der Waals surface area contributed by atoms with Crippen molar-refractivity contribution in [2.24, 2.45) is 5.92 Å². The number of piperazine rings is 1. The molecule has 0 radical (unpaired) electrons. The second kappa shape index (κ2) is 8.77. The molecule has 11 heteroatoms. The number of halogens is 3. The van der Waals surface area contributed by atoms with Gasteiger partial charge in [0.2, 0.25) is 10.0 Å². The number of nitrogens with zero attached hydrogens (tertiary/aromatic N) is 2. The molecular weight excluding hydrogens is 473 g/mol. The van der Waals surface area contributed by atoms with E-state index in [9.17, 15) is 31.5 Å². The minimum absolute atomic E-state index is 0.148. The zero-order valence-corrected chi connectivity index (χ0v) is 19.4. The molecule has 1 N–H and O–H groups in total. The molecule has 1 saturated heterocycles. The number of hydrogen-bond acceptors (Lipinski definition) is 5. The van der Waals surface area contributed by atoms with E-state index >= 15 is 0 Å². The van der Waals surface area contributed by atoms with Gasteiger partial charge >= 0.3 is 12.3 Å². The number of alkyl halides is 3. The molecule has 2 aromatic rings. The highest BCUT2D eigenvalue weighted by atomic mass is 32.2. The molecule has 0 unspecified atom stereocenters. The number of benzene rings is 2. The van der Waals surface area contributed by atoms with Gasteiger partial charge in [0.25, 0.3) is 0 Å². The highest BCUT2D eigenvalue weighted by Gasteiger charge is 2.41. The van der Waals surface area contributed by atoms with Crippen LogP contribution in [0.15, 0.2) is 47.4 Å². The van der Waals surface area contributed by atoms with Crippen LogP contribution in [0, 0.1) is 5.92 Å². The number of anilines is 1. The molecule has 7 nitrogen and oxygen atoms in total. The van der Waals surface area contributed by atoms with E-state index in [4.69, 9.17) is 0 Å². The first-order valence-electron chi connectivity index (χ1n) is 10.8. The Morgan fingerprint density at radius 1 is 1.03 bits per heavy atom. The van der Waals surface area contributed by atoms with E-state index in [1.807, 2.05) is 4.90 Å². The number of aliphatic carboxylic acids is 1. The fourth-order valence-electron chi connectivity index (χ4n) is 5.00. The largest absolute Gasteiger partial charge is 0.573 e. The summed E-state index contributed by atoms with van der Waals surface area (Å²) in [6.45, 7) is 4.25. The van der Waals surface area contributed by atoms with Gasteiger partial charge in [-0.15, -0.1) is 13.2 Å². The van der Waals surface area contributed by atoms with Crippen molar-refractivity contribution in [1.29, 1.82) is 0 Å². The number of fused-ring (bicyclic) bond motifs is 1. The number of sulfonamides is 1. The summed E-state index contributed by atoms with van der Waals surface area (Å²) in [7, 11) is -3.90. The van der Waals surface area contributed by atoms with Gasteiger partial charge in [-0.25, -0.2) is 8.42 Å². The predicted molar refractivity (Wildman–Crippen MR) is 118 cm³/mol. The highest BCUT2D eigenvalue weighted by Crippen LogP contribution is 2.36. The molecule has 1 aliphatic carbocycles. The fourth-order valence-corrected chi connectivity index (χ4v) is 7.08. The zero-order valence-electron chi connectivity index (χ0n) is 18.6. The molecule has 0 spiro atoms. The van der Waals surface area contributed by atoms with Gasteiger partial charge in [-0.2, -0.15) is 4.31 Å². The van der Waals surface area contributed by atoms with Gasteiger partial charge in [0.1, 0.15) is 5.75 Å². The van der Waals surface area contributed by atoms with Gasteiger partial charge in [0.15, 0.2) is 0 Å². The second-order valence-corrected chi connectivity index (χ2v) is 10.6. The van der Waals surface area contributed by atoms with E-state index in [2.05, 4.69) is 4.74 Å². The van der Waals surface area contributed by atoms with Crippen LogP contribution >= 0.6 is 0 Å². The second-order valence-electron chi connectivity index (χ2n) is 8.82. The lowest BCUT2D eigenvalue weighted by Crippen LogP contribution is -2.58. The number of ether oxygens (including phenoxy) is 1. The molecular formula is C23H25F3N2O5S. The lowest BCUT2D eigenvalue weighted by atomic mass is 10.1. The first-order chi connectivity index (χ1) is 15.9. The first-order valence-corrected chi connectivity index (χ1v) is 12.3. The SMILES string of the molecule is C[C@@H]1CN(c2ccc(OC(F)(F)F)cc2)C[C@H](C)N1S(=O)(=O)c1cccc2c1C[C@H](C(=O)O)C2. The summed E-state index contributed by atoms with van der Waals surface area (Å²) >= 11 is 0. The average Bonchev–Trinajstić information content (AvgIpc) is 3.17. The van der Waals surface area contributed by atoms with Crippen LogP contribution in [0.4, 0.5) is 18.9 Å². The molecule has 0 saturated carbocycles. The van der Waals surface area contributed by atoms with Crippen LogP contribution in [-0.2, 0) is 27.7 Å². The number of carbonyl (C=O) groups is 1. The minimum atomic E-state index is -4.77. The normalized spacial score (nSPS) is 23.6. The van der Waals surface area contributed by atoms with Gasteiger partial charge in [-0.3, -0.25) is 4.79 Å². The third-order valence-electron chi connectivity index (χ3n) is 6.33. The van der Waals surface area contributed by atoms with E-state index in [-0.39, 0.29) is 17.1 Å². The number of carboxylic acid groups (broad SMARTS) is 1. The summed E-state index contributed by atoms with van der Waals surface area (Å²) in [5, 5.41) is 9.39. The van der Waals surface area contributed by atoms with Crippen molar-refractivity contribution in [1.82, 2.24) is 4.31 Å². The maximum atomic E-state index is 13.7. The summed E-state index contributed by atoms with van der Waals surface area (Å²) in [5.41, 5.74) is 1.97. The Hall–Kier alpha value is -2.79. The van der Waals surface area contributed by atoms with Gasteiger partial charge in [0, 0.05) is 30.9 Å². The Labute approximate surface area is 195 Å². The molecule has 3 atom stereocenters. The summed E-state index contributed by atoms with van der Waals surface area (Å²) in [6, 6.07) is 9.59. The van der Waals surface area contributed by atoms with E-state index in [0.717, 1.165) is 5.56 Å². The van der Waals surface area contributed by atoms with Crippen LogP contribution in [0.2, 0.25) is 0 Å². The van der Waals surface area contributed by atoms with Crippen LogP contribution in [0.25, 0.3) is 0 Å². The quantitative estimate of drug-likeness (QED) is 0.677. The first kappa shape index (κ1) is 24.3. The van der Waals surface area contributed by atoms with Crippen LogP contribution in [-0.4, -0.2) is 55.3 Å². The maximum Gasteiger partial charge on any atom is 0.573 e. The number of hydrogen-bond donors (Lipinski definition) is 1. The molecule has 2 aromatic carbocycles. The summed E-state index contributed by atoms with van der Waals surface area (Å²) in [6.07, 6.45) is -4.29. The fraction of sp³-hybridized carbons (Fsp3) is 0.435. The van der Waals surface area contributed by atoms with Gasteiger partial charge in [-0.1, -0.05) is 12.1 Å². The summed E-state index contributed by atoms with van der Waals surface area (Å²) < 4.78 is 70.0. The number of carboxylic acids is 1. The van der Waals surface area contributed by atoms with Crippen molar-refractivity contribution in [3.8, 4) is 5.75 Å². The highest BCUT2D eigenvalue weighted by molar-refractivity contribution is 7.89. The van der Waals surface area contributed by atoms with E-state index < -0.39 is 40.4 Å². The molecule has 34 heavy (non-hydrogen) atoms. The molecule has 0 amide bonds. The van der Waals surface area contributed by atoms with Crippen LogP contribution < -0.4 is 9.64 Å². The third kappa shape index (κ3) is 4.72. The summed E-state index contributed by atoms with van der Waals surface area (Å²) in [5.74, 6) is -1.90. The van der Waals surface area contributed by atoms with Crippen LogP contribution in [0.5, 0.6) is 5.75 Å². The third-order valence-corrected chi connectivity index (χ3v) is 8.54. The van der Waals surface area contributed by atoms with Gasteiger partial charge in [-0.05, 0) is 68.1 Å². The molecule has 4 rings (SSSR count). The smallest absolute Gasteiger partial charge is 0.481 e. The molecule has 184 valence electrons. The minimum Gasteiger partial charge on any atom is -0.481 e. The lowest BCUT2D eigenvalue weighted by molar-refractivity contribution is -0.274. The van der Waals surface area contributed by atoms with Gasteiger partial charge < -0.3 is 14.7 Å². The Morgan fingerprint density at radius 2 is 1.65 bits per heavy atom. The standard InChI is InChI=1S/C23H25F3N2O5S/c1-14-12-27(18-6-8-19(9-7-18)33-23(24,25)26)13-15(2)28(14)34(31,32)21-5-3-4-16-10-17(22(29)30)11-20(16)21/h3-9,14-15,17H,10-13H2,1-2H3,(H,29,30)/t14-,15+,17-/m1/s1. The molecule has 1 heterocycles. The van der Waals surface area contributed by atoms with E-state index in [1.54, 1.807) is 26.0 Å². The van der Waals surface area contributed by atoms with Crippen molar-refractivity contribution in [2.45, 2.75) is 50.0 Å². The zero-order chi connectivity index (χ0) is 24.8. The predicted octanol–water partition coefficient (Wildman–Crippen LogP) is 3.67. The van der Waals surface area contributed by atoms with E-state index in [0.29, 0.717) is 30.8 Å². The Bertz CT molecular complexity index is 1170. The van der Waals surface area contributed by atoms with Gasteiger partial charge in [0.05, 0.1) is 10.8 Å². The van der Waals surface area contributed by atoms with E-state index in [1.165, 1.54) is 34.6 Å². The summed E-state index contributed by atoms with van der Waals surface area (Å²) in [4.78, 5) is 13.5. The Balaban J connectivity index is 1.55. The average molecular weight is 499 g/mol. The van der Waals surface area contributed by atoms with Crippen molar-refractivity contribution < 1.29 is 36.2 Å². The lowest BCUT2D eigenvalue weighted by Gasteiger charge is -2.44. The molecule has 2 aliphatic rings. The van der Waals surface area contributed by atoms with Crippen molar-refractivity contribution in [3.05, 3.63) is 53.6 Å². The van der Waals surface area contributed by atoms with Crippen LogP contribution in [0.3, 0.4) is 0 Å². The molecule has 0 bridgehead atoms. The number of rotatable bonds is 5. The Morgan fingerprint density at radius 3 is 2.21 bits per heavy atom. The topological polar surface area (TPSA) is 87.2 Å². The molecule has 0 aromatic heterocycles. The van der Waals surface area contributed by atoms with Crippen molar-refractivity contribution >= 4 is 21.7 Å². The molecule has 1 fully saturated rings. The Kier molecular flexibility index (Phi) is 6.28. The van der Waals surface area contributed by atoms with Crippen LogP contribution in [0.1, 0.15) is 25.0 Å². The monoisotopic (exact) mass is 498 g/mol.